The fourth-order valence-electron chi connectivity index (χ4n) is 1.98. The van der Waals surface area contributed by atoms with Gasteiger partial charge in [0.25, 0.3) is 0 Å². The highest BCUT2D eigenvalue weighted by molar-refractivity contribution is 5.76. The predicted molar refractivity (Wildman–Crippen MR) is 78.3 cm³/mol. The van der Waals surface area contributed by atoms with Crippen molar-refractivity contribution in [2.75, 3.05) is 0 Å². The average Bonchev–Trinajstić information content (AvgIpc) is 2.37. The zero-order valence-corrected chi connectivity index (χ0v) is 12.1. The molecular formula is C16H29NO. The van der Waals surface area contributed by atoms with Gasteiger partial charge in [-0.3, -0.25) is 4.79 Å². The van der Waals surface area contributed by atoms with Crippen LogP contribution in [0.3, 0.4) is 0 Å². The zero-order chi connectivity index (χ0) is 13.6. The Labute approximate surface area is 113 Å². The molecule has 1 atom stereocenters. The molecule has 0 heterocycles. The van der Waals surface area contributed by atoms with Crippen molar-refractivity contribution in [3.63, 3.8) is 0 Å². The van der Waals surface area contributed by atoms with Crippen LogP contribution in [0.5, 0.6) is 0 Å². The van der Waals surface area contributed by atoms with Crippen LogP contribution in [0.2, 0.25) is 0 Å². The third-order valence-corrected chi connectivity index (χ3v) is 3.23. The van der Waals surface area contributed by atoms with Crippen LogP contribution in [-0.4, -0.2) is 11.9 Å². The molecule has 0 rings (SSSR count). The van der Waals surface area contributed by atoms with Crippen molar-refractivity contribution in [2.45, 2.75) is 84.1 Å². The van der Waals surface area contributed by atoms with Gasteiger partial charge in [-0.2, -0.15) is 0 Å². The monoisotopic (exact) mass is 251 g/mol. The Morgan fingerprint density at radius 3 is 2.28 bits per heavy atom. The van der Waals surface area contributed by atoms with Gasteiger partial charge in [0.15, 0.2) is 0 Å². The van der Waals surface area contributed by atoms with Crippen molar-refractivity contribution < 1.29 is 4.79 Å². The molecule has 0 aliphatic carbocycles. The van der Waals surface area contributed by atoms with E-state index >= 15 is 0 Å². The Morgan fingerprint density at radius 2 is 1.72 bits per heavy atom. The second-order valence-corrected chi connectivity index (χ2v) is 4.95. The number of unbranched alkanes of at least 4 members (excludes halogenated alkanes) is 6. The summed E-state index contributed by atoms with van der Waals surface area (Å²) in [5.74, 6) is 2.76. The van der Waals surface area contributed by atoms with E-state index < -0.39 is 0 Å². The Hall–Kier alpha value is -0.970. The van der Waals surface area contributed by atoms with Crippen LogP contribution in [0.4, 0.5) is 0 Å². The summed E-state index contributed by atoms with van der Waals surface area (Å²) in [4.78, 5) is 11.6. The van der Waals surface area contributed by atoms with E-state index in [2.05, 4.69) is 25.1 Å². The van der Waals surface area contributed by atoms with E-state index in [-0.39, 0.29) is 11.9 Å². The first-order valence-electron chi connectivity index (χ1n) is 7.47. The van der Waals surface area contributed by atoms with Crippen molar-refractivity contribution in [3.8, 4) is 12.3 Å². The lowest BCUT2D eigenvalue weighted by molar-refractivity contribution is -0.121. The summed E-state index contributed by atoms with van der Waals surface area (Å²) in [7, 11) is 0. The molecule has 0 aromatic rings. The first kappa shape index (κ1) is 17.0. The molecule has 1 N–H and O–H groups in total. The number of terminal acetylenes is 1. The van der Waals surface area contributed by atoms with Gasteiger partial charge >= 0.3 is 0 Å². The van der Waals surface area contributed by atoms with Crippen LogP contribution in [0.25, 0.3) is 0 Å². The molecule has 0 bridgehead atoms. The van der Waals surface area contributed by atoms with Gasteiger partial charge in [0, 0.05) is 18.9 Å². The van der Waals surface area contributed by atoms with E-state index in [1.807, 2.05) is 0 Å². The summed E-state index contributed by atoms with van der Waals surface area (Å²) in [6, 6.07) is 0.159. The number of nitrogens with one attached hydrogen (secondary N) is 1. The largest absolute Gasteiger partial charge is 0.352 e. The van der Waals surface area contributed by atoms with Crippen LogP contribution in [0.1, 0.15) is 78.1 Å². The predicted octanol–water partition coefficient (Wildman–Crippen LogP) is 4.05. The molecule has 0 aromatic carbocycles. The van der Waals surface area contributed by atoms with E-state index in [0.29, 0.717) is 12.8 Å². The van der Waals surface area contributed by atoms with Crippen molar-refractivity contribution >= 4 is 5.91 Å². The van der Waals surface area contributed by atoms with Crippen LogP contribution in [0.15, 0.2) is 0 Å². The summed E-state index contributed by atoms with van der Waals surface area (Å²) < 4.78 is 0. The minimum atomic E-state index is 0.158. The van der Waals surface area contributed by atoms with Gasteiger partial charge in [0.2, 0.25) is 5.91 Å². The Morgan fingerprint density at radius 1 is 1.11 bits per heavy atom. The highest BCUT2D eigenvalue weighted by Gasteiger charge is 2.08. The number of rotatable bonds is 11. The molecule has 0 aliphatic heterocycles. The van der Waals surface area contributed by atoms with Crippen molar-refractivity contribution in [3.05, 3.63) is 0 Å². The third kappa shape index (κ3) is 10.2. The molecule has 0 saturated carbocycles. The first-order valence-corrected chi connectivity index (χ1v) is 7.47. The van der Waals surface area contributed by atoms with Gasteiger partial charge in [0.05, 0.1) is 0 Å². The number of hydrogen-bond donors (Lipinski definition) is 1. The van der Waals surface area contributed by atoms with Gasteiger partial charge in [-0.25, -0.2) is 0 Å². The molecule has 1 amide bonds. The number of hydrogen-bond acceptors (Lipinski definition) is 1. The van der Waals surface area contributed by atoms with E-state index in [1.165, 1.54) is 38.5 Å². The van der Waals surface area contributed by atoms with Crippen LogP contribution < -0.4 is 5.32 Å². The summed E-state index contributed by atoms with van der Waals surface area (Å²) in [6.45, 7) is 4.28. The molecule has 0 spiro atoms. The van der Waals surface area contributed by atoms with Crippen LogP contribution in [0, 0.1) is 12.3 Å². The Balaban J connectivity index is 3.44. The fourth-order valence-corrected chi connectivity index (χ4v) is 1.98. The highest BCUT2D eigenvalue weighted by atomic mass is 16.1. The average molecular weight is 251 g/mol. The molecule has 1 unspecified atom stereocenters. The minimum absolute atomic E-state index is 0.158. The van der Waals surface area contributed by atoms with E-state index in [9.17, 15) is 4.79 Å². The standard InChI is InChI=1S/C16H29NO/c1-4-7-8-9-10-11-12-14-16(18)17-15(6-3)13-5-2/h2,15H,4,6-14H2,1,3H3,(H,17,18). The molecule has 104 valence electrons. The molecule has 0 saturated heterocycles. The SMILES string of the molecule is C#CCC(CC)NC(=O)CCCCCCCCC. The van der Waals surface area contributed by atoms with Crippen molar-refractivity contribution in [2.24, 2.45) is 0 Å². The molecule has 0 radical (unpaired) electrons. The second-order valence-electron chi connectivity index (χ2n) is 4.95. The normalized spacial score (nSPS) is 11.8. The maximum atomic E-state index is 11.6. The van der Waals surface area contributed by atoms with Crippen LogP contribution >= 0.6 is 0 Å². The number of carbonyl (C=O) groups is 1. The third-order valence-electron chi connectivity index (χ3n) is 3.23. The topological polar surface area (TPSA) is 29.1 Å². The first-order chi connectivity index (χ1) is 8.74. The summed E-state index contributed by atoms with van der Waals surface area (Å²) in [5, 5.41) is 3.00. The highest BCUT2D eigenvalue weighted by Crippen LogP contribution is 2.08. The quantitative estimate of drug-likeness (QED) is 0.436. The zero-order valence-electron chi connectivity index (χ0n) is 12.1. The lowest BCUT2D eigenvalue weighted by atomic mass is 10.1. The Bertz CT molecular complexity index is 242. The van der Waals surface area contributed by atoms with Gasteiger partial charge in [0.1, 0.15) is 0 Å². The van der Waals surface area contributed by atoms with Crippen molar-refractivity contribution in [1.29, 1.82) is 0 Å². The lowest BCUT2D eigenvalue weighted by Crippen LogP contribution is -2.33. The molecule has 0 aromatic heterocycles. The summed E-state index contributed by atoms with van der Waals surface area (Å²) in [6.07, 6.45) is 16.2. The molecule has 2 heteroatoms. The number of carbonyl (C=O) groups excluding carboxylic acids is 1. The van der Waals surface area contributed by atoms with E-state index in [4.69, 9.17) is 6.42 Å². The second kappa shape index (κ2) is 12.5. The van der Waals surface area contributed by atoms with Gasteiger partial charge in [-0.15, -0.1) is 12.3 Å². The van der Waals surface area contributed by atoms with E-state index in [1.54, 1.807) is 0 Å². The molecule has 18 heavy (non-hydrogen) atoms. The number of amides is 1. The Kier molecular flexibility index (Phi) is 11.8. The smallest absolute Gasteiger partial charge is 0.220 e. The summed E-state index contributed by atoms with van der Waals surface area (Å²) in [5.41, 5.74) is 0. The lowest BCUT2D eigenvalue weighted by Gasteiger charge is -2.13. The van der Waals surface area contributed by atoms with Crippen molar-refractivity contribution in [1.82, 2.24) is 5.32 Å². The molecule has 0 fully saturated rings. The molecule has 0 aliphatic rings. The van der Waals surface area contributed by atoms with Crippen LogP contribution in [-0.2, 0) is 4.79 Å². The maximum Gasteiger partial charge on any atom is 0.220 e. The molecule has 2 nitrogen and oxygen atoms in total. The van der Waals surface area contributed by atoms with Gasteiger partial charge in [-0.1, -0.05) is 52.4 Å². The fraction of sp³-hybridized carbons (Fsp3) is 0.812. The molecular weight excluding hydrogens is 222 g/mol. The van der Waals surface area contributed by atoms with Gasteiger partial charge in [-0.05, 0) is 12.8 Å². The summed E-state index contributed by atoms with van der Waals surface area (Å²) >= 11 is 0. The van der Waals surface area contributed by atoms with E-state index in [0.717, 1.165) is 12.8 Å². The minimum Gasteiger partial charge on any atom is -0.352 e. The maximum absolute atomic E-state index is 11.6. The van der Waals surface area contributed by atoms with Gasteiger partial charge < -0.3 is 5.32 Å².